The zero-order valence-electron chi connectivity index (χ0n) is 13.6. The van der Waals surface area contributed by atoms with Crippen molar-refractivity contribution in [3.8, 4) is 0 Å². The average Bonchev–Trinajstić information content (AvgIpc) is 2.59. The second-order valence-electron chi connectivity index (χ2n) is 6.20. The van der Waals surface area contributed by atoms with E-state index in [1.807, 2.05) is 0 Å². The van der Waals surface area contributed by atoms with Crippen molar-refractivity contribution in [1.82, 2.24) is 5.32 Å². The Kier molecular flexibility index (Phi) is 6.41. The van der Waals surface area contributed by atoms with Gasteiger partial charge in [0.15, 0.2) is 0 Å². The van der Waals surface area contributed by atoms with Crippen molar-refractivity contribution in [3.63, 3.8) is 0 Å². The van der Waals surface area contributed by atoms with E-state index < -0.39 is 29.7 Å². The molecule has 8 heteroatoms. The molecule has 0 saturated heterocycles. The summed E-state index contributed by atoms with van der Waals surface area (Å²) in [5.41, 5.74) is -0.758. The molecule has 25 heavy (non-hydrogen) atoms. The van der Waals surface area contributed by atoms with Gasteiger partial charge in [-0.3, -0.25) is 9.59 Å². The van der Waals surface area contributed by atoms with Crippen molar-refractivity contribution in [2.75, 3.05) is 11.9 Å². The maximum atomic E-state index is 12.5. The molecule has 1 aliphatic carbocycles. The molecular formula is C17H21F3N2O3. The molecule has 5 nitrogen and oxygen atoms in total. The first-order valence-electron chi connectivity index (χ1n) is 8.22. The number of hydrogen-bond acceptors (Lipinski definition) is 3. The van der Waals surface area contributed by atoms with E-state index in [0.29, 0.717) is 0 Å². The lowest BCUT2D eigenvalue weighted by Crippen LogP contribution is -2.42. The molecule has 0 bridgehead atoms. The Hall–Kier alpha value is -2.09. The molecule has 2 amide bonds. The number of aliphatic hydroxyl groups is 1. The van der Waals surface area contributed by atoms with Crippen LogP contribution in [-0.4, -0.2) is 29.6 Å². The van der Waals surface area contributed by atoms with Crippen LogP contribution >= 0.6 is 0 Å². The molecule has 3 N–H and O–H groups in total. The van der Waals surface area contributed by atoms with Crippen LogP contribution in [0.2, 0.25) is 0 Å². The molecule has 0 heterocycles. The minimum absolute atomic E-state index is 0.0239. The number of nitrogens with one attached hydrogen (secondary N) is 2. The molecule has 1 aromatic carbocycles. The Morgan fingerprint density at radius 1 is 1.08 bits per heavy atom. The maximum Gasteiger partial charge on any atom is 0.416 e. The molecule has 1 atom stereocenters. The van der Waals surface area contributed by atoms with E-state index in [9.17, 15) is 27.9 Å². The van der Waals surface area contributed by atoms with Gasteiger partial charge in [-0.2, -0.15) is 13.2 Å². The summed E-state index contributed by atoms with van der Waals surface area (Å²) in [6, 6.07) is 3.79. The number of anilines is 1. The predicted molar refractivity (Wildman–Crippen MR) is 85.7 cm³/mol. The number of rotatable bonds is 4. The summed E-state index contributed by atoms with van der Waals surface area (Å²) in [7, 11) is 0. The van der Waals surface area contributed by atoms with Gasteiger partial charge in [0.05, 0.1) is 11.7 Å². The maximum absolute atomic E-state index is 12.5. The highest BCUT2D eigenvalue weighted by Crippen LogP contribution is 2.29. The Balaban J connectivity index is 1.80. The normalized spacial score (nSPS) is 17.0. The van der Waals surface area contributed by atoms with Crippen molar-refractivity contribution in [3.05, 3.63) is 29.8 Å². The van der Waals surface area contributed by atoms with Gasteiger partial charge in [-0.25, -0.2) is 0 Å². The van der Waals surface area contributed by atoms with Gasteiger partial charge < -0.3 is 15.7 Å². The molecule has 1 aliphatic rings. The summed E-state index contributed by atoms with van der Waals surface area (Å²) in [6.45, 7) is -0.0239. The van der Waals surface area contributed by atoms with Crippen LogP contribution < -0.4 is 10.6 Å². The number of aliphatic hydroxyl groups excluding tert-OH is 1. The highest BCUT2D eigenvalue weighted by Gasteiger charge is 2.30. The third kappa shape index (κ3) is 5.74. The van der Waals surface area contributed by atoms with Crippen LogP contribution in [0.3, 0.4) is 0 Å². The Morgan fingerprint density at radius 2 is 1.68 bits per heavy atom. The second kappa shape index (κ2) is 8.33. The number of alkyl halides is 3. The van der Waals surface area contributed by atoms with E-state index in [2.05, 4.69) is 10.6 Å². The van der Waals surface area contributed by atoms with Gasteiger partial charge in [0.1, 0.15) is 0 Å². The fraction of sp³-hybridized carbons (Fsp3) is 0.529. The zero-order valence-corrected chi connectivity index (χ0v) is 13.6. The molecule has 0 radical (unpaired) electrons. The van der Waals surface area contributed by atoms with Crippen molar-refractivity contribution >= 4 is 17.5 Å². The molecule has 0 unspecified atom stereocenters. The highest BCUT2D eigenvalue weighted by atomic mass is 19.4. The van der Waals surface area contributed by atoms with Crippen molar-refractivity contribution in [1.29, 1.82) is 0 Å². The van der Waals surface area contributed by atoms with Crippen LogP contribution in [0.4, 0.5) is 18.9 Å². The quantitative estimate of drug-likeness (QED) is 0.724. The van der Waals surface area contributed by atoms with Crippen molar-refractivity contribution in [2.24, 2.45) is 5.92 Å². The van der Waals surface area contributed by atoms with Crippen LogP contribution in [0.25, 0.3) is 0 Å². The summed E-state index contributed by atoms with van der Waals surface area (Å²) in [4.78, 5) is 23.5. The van der Waals surface area contributed by atoms with E-state index in [0.717, 1.165) is 56.4 Å². The minimum atomic E-state index is -4.46. The first-order chi connectivity index (χ1) is 11.8. The molecular weight excluding hydrogens is 337 g/mol. The highest BCUT2D eigenvalue weighted by molar-refractivity contribution is 6.39. The number of halogens is 3. The Labute approximate surface area is 143 Å². The molecule has 2 rings (SSSR count). The SMILES string of the molecule is O=C(NC[C@H](O)C1CCCCC1)C(=O)Nc1ccc(C(F)(F)F)cc1. The third-order valence-corrected chi connectivity index (χ3v) is 4.34. The first-order valence-corrected chi connectivity index (χ1v) is 8.22. The third-order valence-electron chi connectivity index (χ3n) is 4.34. The summed E-state index contributed by atoms with van der Waals surface area (Å²) in [6.07, 6.45) is -0.138. The van der Waals surface area contributed by atoms with E-state index in [-0.39, 0.29) is 18.2 Å². The lowest BCUT2D eigenvalue weighted by atomic mass is 9.85. The fourth-order valence-electron chi connectivity index (χ4n) is 2.89. The largest absolute Gasteiger partial charge is 0.416 e. The Bertz CT molecular complexity index is 596. The smallest absolute Gasteiger partial charge is 0.391 e. The van der Waals surface area contributed by atoms with Crippen LogP contribution in [0, 0.1) is 5.92 Å². The van der Waals surface area contributed by atoms with Crippen LogP contribution in [0.5, 0.6) is 0 Å². The van der Waals surface area contributed by atoms with Crippen molar-refractivity contribution < 1.29 is 27.9 Å². The predicted octanol–water partition coefficient (Wildman–Crippen LogP) is 2.70. The fourth-order valence-corrected chi connectivity index (χ4v) is 2.89. The van der Waals surface area contributed by atoms with Crippen LogP contribution in [0.1, 0.15) is 37.7 Å². The summed E-state index contributed by atoms with van der Waals surface area (Å²) in [5, 5.41) is 14.6. The summed E-state index contributed by atoms with van der Waals surface area (Å²) >= 11 is 0. The monoisotopic (exact) mass is 358 g/mol. The second-order valence-corrected chi connectivity index (χ2v) is 6.20. The topological polar surface area (TPSA) is 78.4 Å². The van der Waals surface area contributed by atoms with Gasteiger partial charge in [-0.1, -0.05) is 19.3 Å². The number of hydrogen-bond donors (Lipinski definition) is 3. The average molecular weight is 358 g/mol. The van der Waals surface area contributed by atoms with E-state index in [1.165, 1.54) is 0 Å². The standard InChI is InChI=1S/C17H21F3N2O3/c18-17(19,20)12-6-8-13(9-7-12)22-16(25)15(24)21-10-14(23)11-4-2-1-3-5-11/h6-9,11,14,23H,1-5,10H2,(H,21,24)(H,22,25)/t14-/m0/s1. The lowest BCUT2D eigenvalue weighted by molar-refractivity contribution is -0.137. The summed E-state index contributed by atoms with van der Waals surface area (Å²) < 4.78 is 37.4. The molecule has 1 saturated carbocycles. The van der Waals surface area contributed by atoms with Crippen LogP contribution in [0.15, 0.2) is 24.3 Å². The molecule has 1 fully saturated rings. The number of amides is 2. The molecule has 0 aromatic heterocycles. The van der Waals surface area contributed by atoms with E-state index >= 15 is 0 Å². The molecule has 1 aromatic rings. The van der Waals surface area contributed by atoms with Gasteiger partial charge in [0.25, 0.3) is 0 Å². The van der Waals surface area contributed by atoms with Crippen LogP contribution in [-0.2, 0) is 15.8 Å². The molecule has 138 valence electrons. The minimum Gasteiger partial charge on any atom is -0.391 e. The van der Waals surface area contributed by atoms with Gasteiger partial charge in [0, 0.05) is 12.2 Å². The molecule has 0 aliphatic heterocycles. The van der Waals surface area contributed by atoms with E-state index in [4.69, 9.17) is 0 Å². The number of carbonyl (C=O) groups excluding carboxylic acids is 2. The first kappa shape index (κ1) is 19.2. The van der Waals surface area contributed by atoms with Gasteiger partial charge in [-0.15, -0.1) is 0 Å². The van der Waals surface area contributed by atoms with Crippen molar-refractivity contribution in [2.45, 2.75) is 44.4 Å². The van der Waals surface area contributed by atoms with Gasteiger partial charge in [0.2, 0.25) is 0 Å². The van der Waals surface area contributed by atoms with Gasteiger partial charge >= 0.3 is 18.0 Å². The Morgan fingerprint density at radius 3 is 2.24 bits per heavy atom. The molecule has 0 spiro atoms. The number of carbonyl (C=O) groups is 2. The van der Waals surface area contributed by atoms with E-state index in [1.54, 1.807) is 0 Å². The lowest BCUT2D eigenvalue weighted by Gasteiger charge is -2.26. The van der Waals surface area contributed by atoms with Gasteiger partial charge in [-0.05, 0) is 43.0 Å². The zero-order chi connectivity index (χ0) is 18.4. The summed E-state index contributed by atoms with van der Waals surface area (Å²) in [5.74, 6) is -1.81. The number of benzene rings is 1.